The minimum atomic E-state index is -0.524. The zero-order valence-corrected chi connectivity index (χ0v) is 15.3. The largest absolute Gasteiger partial charge is 0.490 e. The molecule has 0 saturated heterocycles. The Kier molecular flexibility index (Phi) is 3.09. The molecule has 3 heterocycles. The molecule has 0 radical (unpaired) electrons. The van der Waals surface area contributed by atoms with Gasteiger partial charge in [-0.3, -0.25) is 14.1 Å². The fraction of sp³-hybridized carbons (Fsp3) is 0.238. The van der Waals surface area contributed by atoms with Crippen molar-refractivity contribution in [2.24, 2.45) is 7.05 Å². The Morgan fingerprint density at radius 1 is 1.15 bits per heavy atom. The van der Waals surface area contributed by atoms with Crippen molar-refractivity contribution in [1.82, 2.24) is 14.1 Å². The van der Waals surface area contributed by atoms with Gasteiger partial charge in [-0.05, 0) is 43.7 Å². The van der Waals surface area contributed by atoms with Gasteiger partial charge in [-0.25, -0.2) is 9.18 Å². The van der Waals surface area contributed by atoms with Crippen LogP contribution in [0.25, 0.3) is 33.1 Å². The Labute approximate surface area is 154 Å². The van der Waals surface area contributed by atoms with E-state index in [9.17, 15) is 9.18 Å². The normalized spacial score (nSPS) is 15.3. The predicted octanol–water partition coefficient (Wildman–Crippen LogP) is 3.82. The standard InChI is InChI=1S/C21H18FN3O2/c1-21(2)11-27-19-14(12-4-6-13(22)7-5-12)8-9-15-17(19)18-16(10-23-15)24(3)20(26)25(18)21/h4-10H,11H2,1-3H3. The van der Waals surface area contributed by atoms with Crippen LogP contribution >= 0.6 is 0 Å². The lowest BCUT2D eigenvalue weighted by atomic mass is 10.0. The van der Waals surface area contributed by atoms with Gasteiger partial charge in [-0.15, -0.1) is 0 Å². The highest BCUT2D eigenvalue weighted by Gasteiger charge is 2.33. The van der Waals surface area contributed by atoms with Gasteiger partial charge in [0, 0.05) is 12.6 Å². The lowest BCUT2D eigenvalue weighted by Crippen LogP contribution is -2.40. The number of benzene rings is 2. The summed E-state index contributed by atoms with van der Waals surface area (Å²) in [5.74, 6) is 0.399. The molecule has 5 nitrogen and oxygen atoms in total. The van der Waals surface area contributed by atoms with Crippen molar-refractivity contribution in [3.8, 4) is 16.9 Å². The average Bonchev–Trinajstić information content (AvgIpc) is 2.84. The first-order valence-corrected chi connectivity index (χ1v) is 8.81. The van der Waals surface area contributed by atoms with E-state index < -0.39 is 5.54 Å². The number of imidazole rings is 1. The van der Waals surface area contributed by atoms with E-state index in [1.54, 1.807) is 34.5 Å². The van der Waals surface area contributed by atoms with Gasteiger partial charge in [0.15, 0.2) is 0 Å². The Hall–Kier alpha value is -3.15. The van der Waals surface area contributed by atoms with Crippen LogP contribution in [-0.4, -0.2) is 20.7 Å². The Morgan fingerprint density at radius 3 is 2.63 bits per heavy atom. The van der Waals surface area contributed by atoms with Gasteiger partial charge in [0.2, 0.25) is 0 Å². The van der Waals surface area contributed by atoms with Crippen LogP contribution in [0.2, 0.25) is 0 Å². The number of hydrogen-bond donors (Lipinski definition) is 0. The number of halogens is 1. The Balaban J connectivity index is 1.98. The maximum absolute atomic E-state index is 13.4. The van der Waals surface area contributed by atoms with Crippen molar-refractivity contribution in [1.29, 1.82) is 0 Å². The molecular formula is C21H18FN3O2. The quantitative estimate of drug-likeness (QED) is 0.517. The molecule has 0 bridgehead atoms. The summed E-state index contributed by atoms with van der Waals surface area (Å²) in [6.45, 7) is 4.32. The highest BCUT2D eigenvalue weighted by Crippen LogP contribution is 2.42. The van der Waals surface area contributed by atoms with Crippen molar-refractivity contribution in [2.45, 2.75) is 19.4 Å². The molecule has 4 aromatic rings. The van der Waals surface area contributed by atoms with E-state index in [-0.39, 0.29) is 11.5 Å². The van der Waals surface area contributed by atoms with Crippen molar-refractivity contribution in [3.05, 3.63) is 58.9 Å². The lowest BCUT2D eigenvalue weighted by Gasteiger charge is -2.24. The van der Waals surface area contributed by atoms with E-state index >= 15 is 0 Å². The number of ether oxygens (including phenoxy) is 1. The molecule has 2 aromatic heterocycles. The summed E-state index contributed by atoms with van der Waals surface area (Å²) in [6, 6.07) is 10.2. The molecule has 27 heavy (non-hydrogen) atoms. The molecular weight excluding hydrogens is 345 g/mol. The summed E-state index contributed by atoms with van der Waals surface area (Å²) < 4.78 is 23.1. The van der Waals surface area contributed by atoms with Crippen LogP contribution in [0.3, 0.4) is 0 Å². The van der Waals surface area contributed by atoms with Gasteiger partial charge in [0.05, 0.1) is 33.7 Å². The molecule has 0 unspecified atom stereocenters. The number of rotatable bonds is 1. The van der Waals surface area contributed by atoms with E-state index in [2.05, 4.69) is 4.98 Å². The van der Waals surface area contributed by atoms with Gasteiger partial charge in [0.1, 0.15) is 18.2 Å². The lowest BCUT2D eigenvalue weighted by molar-refractivity contribution is 0.190. The molecule has 1 aliphatic heterocycles. The summed E-state index contributed by atoms with van der Waals surface area (Å²) >= 11 is 0. The first-order valence-electron chi connectivity index (χ1n) is 8.81. The molecule has 0 amide bonds. The highest BCUT2D eigenvalue weighted by atomic mass is 19.1. The number of aryl methyl sites for hydroxylation is 1. The van der Waals surface area contributed by atoms with Crippen LogP contribution in [0, 0.1) is 5.82 Å². The molecule has 6 heteroatoms. The summed E-state index contributed by atoms with van der Waals surface area (Å²) in [6.07, 6.45) is 1.73. The van der Waals surface area contributed by atoms with Crippen LogP contribution in [0.1, 0.15) is 13.8 Å². The molecule has 0 spiro atoms. The van der Waals surface area contributed by atoms with Crippen molar-refractivity contribution in [3.63, 3.8) is 0 Å². The van der Waals surface area contributed by atoms with Crippen LogP contribution in [0.4, 0.5) is 4.39 Å². The topological polar surface area (TPSA) is 49.0 Å². The third-order valence-electron chi connectivity index (χ3n) is 5.33. The Morgan fingerprint density at radius 2 is 1.89 bits per heavy atom. The molecule has 1 aliphatic rings. The van der Waals surface area contributed by atoms with E-state index in [0.29, 0.717) is 12.4 Å². The minimum Gasteiger partial charge on any atom is -0.490 e. The van der Waals surface area contributed by atoms with E-state index in [4.69, 9.17) is 4.74 Å². The van der Waals surface area contributed by atoms with Crippen molar-refractivity contribution >= 4 is 21.9 Å². The molecule has 2 aromatic carbocycles. The van der Waals surface area contributed by atoms with Gasteiger partial charge >= 0.3 is 5.69 Å². The molecule has 0 fully saturated rings. The SMILES string of the molecule is Cn1c(=O)n2c3c4c(c(-c5ccc(F)cc5)ccc4ncc31)OCC2(C)C. The number of aromatic nitrogens is 3. The third-order valence-corrected chi connectivity index (χ3v) is 5.33. The second kappa shape index (κ2) is 5.19. The van der Waals surface area contributed by atoms with E-state index in [1.807, 2.05) is 26.0 Å². The Bertz CT molecular complexity index is 1280. The summed E-state index contributed by atoms with van der Waals surface area (Å²) in [5.41, 5.74) is 3.46. The monoisotopic (exact) mass is 363 g/mol. The molecule has 0 saturated carbocycles. The van der Waals surface area contributed by atoms with E-state index in [0.717, 1.165) is 33.1 Å². The summed E-state index contributed by atoms with van der Waals surface area (Å²) in [5, 5.41) is 0.817. The second-order valence-corrected chi connectivity index (χ2v) is 7.61. The average molecular weight is 363 g/mol. The van der Waals surface area contributed by atoms with Gasteiger partial charge in [-0.2, -0.15) is 0 Å². The van der Waals surface area contributed by atoms with E-state index in [1.165, 1.54) is 12.1 Å². The van der Waals surface area contributed by atoms with Crippen molar-refractivity contribution < 1.29 is 9.13 Å². The van der Waals surface area contributed by atoms with Crippen LogP contribution < -0.4 is 10.4 Å². The zero-order chi connectivity index (χ0) is 18.9. The van der Waals surface area contributed by atoms with Gasteiger partial charge in [0.25, 0.3) is 0 Å². The van der Waals surface area contributed by atoms with Crippen LogP contribution in [0.15, 0.2) is 47.4 Å². The number of pyridine rings is 1. The molecule has 0 N–H and O–H groups in total. The third kappa shape index (κ3) is 2.10. The zero-order valence-electron chi connectivity index (χ0n) is 15.3. The molecule has 136 valence electrons. The minimum absolute atomic E-state index is 0.0899. The highest BCUT2D eigenvalue weighted by molar-refractivity contribution is 6.09. The maximum atomic E-state index is 13.4. The summed E-state index contributed by atoms with van der Waals surface area (Å²) in [4.78, 5) is 17.5. The maximum Gasteiger partial charge on any atom is 0.329 e. The molecule has 0 aliphatic carbocycles. The summed E-state index contributed by atoms with van der Waals surface area (Å²) in [7, 11) is 1.76. The number of nitrogens with zero attached hydrogens (tertiary/aromatic N) is 3. The van der Waals surface area contributed by atoms with Crippen LogP contribution in [-0.2, 0) is 12.6 Å². The smallest absolute Gasteiger partial charge is 0.329 e. The second-order valence-electron chi connectivity index (χ2n) is 7.61. The fourth-order valence-corrected chi connectivity index (χ4v) is 3.93. The predicted molar refractivity (Wildman–Crippen MR) is 103 cm³/mol. The molecule has 0 atom stereocenters. The molecule has 5 rings (SSSR count). The van der Waals surface area contributed by atoms with Crippen LogP contribution in [0.5, 0.6) is 5.75 Å². The first-order chi connectivity index (χ1) is 12.9. The fourth-order valence-electron chi connectivity index (χ4n) is 3.93. The first kappa shape index (κ1) is 16.1. The van der Waals surface area contributed by atoms with Gasteiger partial charge in [-0.1, -0.05) is 12.1 Å². The number of hydrogen-bond acceptors (Lipinski definition) is 3. The van der Waals surface area contributed by atoms with Gasteiger partial charge < -0.3 is 4.74 Å². The van der Waals surface area contributed by atoms with Crippen molar-refractivity contribution in [2.75, 3.05) is 6.61 Å².